The van der Waals surface area contributed by atoms with E-state index in [9.17, 15) is 0 Å². The summed E-state index contributed by atoms with van der Waals surface area (Å²) >= 11 is 0. The van der Waals surface area contributed by atoms with Crippen molar-refractivity contribution in [2.24, 2.45) is 0 Å². The number of epoxide rings is 2. The molecule has 4 heteroatoms. The summed E-state index contributed by atoms with van der Waals surface area (Å²) < 4.78 is 22.1. The number of allylic oxidation sites excluding steroid dienone is 5. The van der Waals surface area contributed by atoms with Gasteiger partial charge in [0.2, 0.25) is 0 Å². The van der Waals surface area contributed by atoms with Crippen LogP contribution in [0.1, 0.15) is 32.8 Å². The van der Waals surface area contributed by atoms with Crippen LogP contribution in [0.3, 0.4) is 0 Å². The van der Waals surface area contributed by atoms with Gasteiger partial charge in [0.05, 0.1) is 13.2 Å². The van der Waals surface area contributed by atoms with Gasteiger partial charge in [0, 0.05) is 11.8 Å². The number of rotatable bonds is 8. The monoisotopic (exact) mass is 368 g/mol. The zero-order valence-corrected chi connectivity index (χ0v) is 16.4. The molecular weight excluding hydrogens is 340 g/mol. The number of hydrogen-bond acceptors (Lipinski definition) is 4. The summed E-state index contributed by atoms with van der Waals surface area (Å²) in [7, 11) is 0. The topological polar surface area (TPSA) is 43.5 Å². The number of benzene rings is 1. The molecule has 2 saturated heterocycles. The van der Waals surface area contributed by atoms with Crippen LogP contribution in [0.25, 0.3) is 0 Å². The lowest BCUT2D eigenvalue weighted by Gasteiger charge is -2.27. The summed E-state index contributed by atoms with van der Waals surface area (Å²) in [5.74, 6) is 1.90. The summed E-state index contributed by atoms with van der Waals surface area (Å²) in [6, 6.07) is 8.41. The Morgan fingerprint density at radius 1 is 0.963 bits per heavy atom. The van der Waals surface area contributed by atoms with Crippen LogP contribution in [0.4, 0.5) is 0 Å². The fourth-order valence-electron chi connectivity index (χ4n) is 3.22. The van der Waals surface area contributed by atoms with Crippen LogP contribution in [-0.2, 0) is 19.6 Å². The third kappa shape index (κ3) is 4.82. The molecule has 0 bridgehead atoms. The predicted octanol–water partition coefficient (Wildman–Crippen LogP) is 4.32. The Balaban J connectivity index is 1.47. The van der Waals surface area contributed by atoms with Crippen LogP contribution in [-0.4, -0.2) is 38.6 Å². The summed E-state index contributed by atoms with van der Waals surface area (Å²) in [5, 5.41) is 0. The highest BCUT2D eigenvalue weighted by atomic mass is 16.6. The first-order valence-corrected chi connectivity index (χ1v) is 9.68. The van der Waals surface area contributed by atoms with E-state index in [1.807, 2.05) is 12.1 Å². The molecule has 27 heavy (non-hydrogen) atoms. The molecule has 2 unspecified atom stereocenters. The minimum absolute atomic E-state index is 0.106. The molecule has 0 aromatic heterocycles. The molecule has 2 fully saturated rings. The van der Waals surface area contributed by atoms with Crippen molar-refractivity contribution >= 4 is 0 Å². The fraction of sp³-hybridized carbons (Fsp3) is 0.478. The van der Waals surface area contributed by atoms with Gasteiger partial charge in [0.1, 0.15) is 36.9 Å². The highest BCUT2D eigenvalue weighted by Crippen LogP contribution is 2.36. The molecule has 2 aliphatic heterocycles. The Hall–Kier alpha value is -2.04. The lowest BCUT2D eigenvalue weighted by Crippen LogP contribution is -2.19. The van der Waals surface area contributed by atoms with Gasteiger partial charge in [-0.25, -0.2) is 0 Å². The third-order valence-electron chi connectivity index (χ3n) is 5.30. The van der Waals surface area contributed by atoms with Crippen LogP contribution < -0.4 is 4.74 Å². The van der Waals surface area contributed by atoms with Crippen LogP contribution in [0.15, 0.2) is 59.4 Å². The van der Waals surface area contributed by atoms with Crippen LogP contribution in [0.5, 0.6) is 5.75 Å². The van der Waals surface area contributed by atoms with E-state index in [4.69, 9.17) is 18.9 Å². The van der Waals surface area contributed by atoms with E-state index >= 15 is 0 Å². The van der Waals surface area contributed by atoms with Crippen molar-refractivity contribution < 1.29 is 18.9 Å². The molecule has 0 saturated carbocycles. The lowest BCUT2D eigenvalue weighted by molar-refractivity contribution is 0.178. The van der Waals surface area contributed by atoms with Crippen molar-refractivity contribution in [2.45, 2.75) is 44.8 Å². The molecule has 1 aliphatic carbocycles. The van der Waals surface area contributed by atoms with Crippen molar-refractivity contribution in [1.82, 2.24) is 0 Å². The van der Waals surface area contributed by atoms with Crippen LogP contribution in [0.2, 0.25) is 0 Å². The molecule has 2 atom stereocenters. The highest BCUT2D eigenvalue weighted by molar-refractivity contribution is 5.46. The maximum absolute atomic E-state index is 5.91. The van der Waals surface area contributed by atoms with Gasteiger partial charge in [-0.2, -0.15) is 0 Å². The molecule has 2 heterocycles. The molecule has 3 aliphatic rings. The number of ether oxygens (including phenoxy) is 4. The van der Waals surface area contributed by atoms with Gasteiger partial charge in [-0.05, 0) is 36.3 Å². The summed E-state index contributed by atoms with van der Waals surface area (Å²) in [6.07, 6.45) is 7.99. The first kappa shape index (κ1) is 18.3. The first-order chi connectivity index (χ1) is 13.0. The maximum atomic E-state index is 5.91. The first-order valence-electron chi connectivity index (χ1n) is 9.68. The molecule has 1 aromatic carbocycles. The van der Waals surface area contributed by atoms with Gasteiger partial charge in [0.15, 0.2) is 0 Å². The molecule has 4 rings (SSSR count). The van der Waals surface area contributed by atoms with Crippen molar-refractivity contribution in [2.75, 3.05) is 26.4 Å². The maximum Gasteiger partial charge on any atom is 0.119 e. The second-order valence-corrected chi connectivity index (χ2v) is 8.10. The summed E-state index contributed by atoms with van der Waals surface area (Å²) in [4.78, 5) is 0. The van der Waals surface area contributed by atoms with Crippen molar-refractivity contribution in [3.8, 4) is 5.75 Å². The molecule has 144 valence electrons. The van der Waals surface area contributed by atoms with Gasteiger partial charge in [-0.15, -0.1) is 0 Å². The van der Waals surface area contributed by atoms with E-state index in [-0.39, 0.29) is 17.6 Å². The molecule has 4 nitrogen and oxygen atoms in total. The molecule has 0 N–H and O–H groups in total. The Morgan fingerprint density at radius 3 is 2.22 bits per heavy atom. The second kappa shape index (κ2) is 7.53. The summed E-state index contributed by atoms with van der Waals surface area (Å²) in [5.41, 5.74) is 3.74. The minimum Gasteiger partial charge on any atom is -0.495 e. The van der Waals surface area contributed by atoms with Crippen molar-refractivity contribution in [1.29, 1.82) is 0 Å². The van der Waals surface area contributed by atoms with Crippen molar-refractivity contribution in [3.05, 3.63) is 65.0 Å². The standard InChI is InChI=1S/C23H28O4/c1-16-10-18(6-9-20(11-16)25-13-22-15-27-22)23(2,3)17-4-7-19(8-5-17)24-12-21-14-26-21/h4-10,21-22H,11-15H2,1-3H3. The van der Waals surface area contributed by atoms with Gasteiger partial charge in [0.25, 0.3) is 0 Å². The Bertz CT molecular complexity index is 762. The average molecular weight is 368 g/mol. The van der Waals surface area contributed by atoms with Crippen LogP contribution in [0, 0.1) is 0 Å². The normalized spacial score (nSPS) is 24.3. The minimum atomic E-state index is -0.106. The molecular formula is C23H28O4. The zero-order chi connectivity index (χ0) is 18.9. The van der Waals surface area contributed by atoms with Gasteiger partial charge >= 0.3 is 0 Å². The van der Waals surface area contributed by atoms with E-state index in [2.05, 4.69) is 51.1 Å². The molecule has 1 aromatic rings. The van der Waals surface area contributed by atoms with E-state index in [0.717, 1.165) is 31.1 Å². The predicted molar refractivity (Wildman–Crippen MR) is 105 cm³/mol. The largest absolute Gasteiger partial charge is 0.495 e. The fourth-order valence-corrected chi connectivity index (χ4v) is 3.22. The third-order valence-corrected chi connectivity index (χ3v) is 5.30. The number of hydrogen-bond donors (Lipinski definition) is 0. The Morgan fingerprint density at radius 2 is 1.59 bits per heavy atom. The van der Waals surface area contributed by atoms with E-state index in [1.165, 1.54) is 16.7 Å². The van der Waals surface area contributed by atoms with Gasteiger partial charge < -0.3 is 18.9 Å². The molecule has 0 amide bonds. The molecule has 0 spiro atoms. The van der Waals surface area contributed by atoms with Gasteiger partial charge in [-0.1, -0.05) is 43.7 Å². The molecule has 0 radical (unpaired) electrons. The van der Waals surface area contributed by atoms with Crippen LogP contribution >= 0.6 is 0 Å². The zero-order valence-electron chi connectivity index (χ0n) is 16.4. The summed E-state index contributed by atoms with van der Waals surface area (Å²) in [6.45, 7) is 9.61. The Kier molecular flexibility index (Phi) is 5.11. The SMILES string of the molecule is CC1=CC(C(C)(C)c2ccc(OCC3CO3)cc2)=CC=C(OCC2CO2)C1. The van der Waals surface area contributed by atoms with E-state index in [1.54, 1.807) is 0 Å². The van der Waals surface area contributed by atoms with Crippen molar-refractivity contribution in [3.63, 3.8) is 0 Å². The van der Waals surface area contributed by atoms with E-state index < -0.39 is 0 Å². The van der Waals surface area contributed by atoms with Gasteiger partial charge in [-0.3, -0.25) is 0 Å². The quantitative estimate of drug-likeness (QED) is 0.641. The lowest BCUT2D eigenvalue weighted by atomic mass is 9.77. The highest BCUT2D eigenvalue weighted by Gasteiger charge is 2.27. The van der Waals surface area contributed by atoms with E-state index in [0.29, 0.717) is 13.2 Å². The smallest absolute Gasteiger partial charge is 0.119 e. The Labute approximate surface area is 161 Å². The second-order valence-electron chi connectivity index (χ2n) is 8.10. The average Bonchev–Trinajstić information content (AvgIpc) is 3.54.